The number of ether oxygens (including phenoxy) is 5. The molecule has 192 valence electrons. The lowest BCUT2D eigenvalue weighted by molar-refractivity contribution is -0.129. The maximum Gasteiger partial charge on any atom is 0.363 e. The minimum absolute atomic E-state index is 0.228. The number of aryl methyl sites for hydroxylation is 2. The first-order valence-electron chi connectivity index (χ1n) is 12.3. The average Bonchev–Trinajstić information content (AvgIpc) is 3.27. The van der Waals surface area contributed by atoms with E-state index < -0.39 is 5.97 Å². The van der Waals surface area contributed by atoms with E-state index in [9.17, 15) is 4.79 Å². The lowest BCUT2D eigenvalue weighted by atomic mass is 10.1. The van der Waals surface area contributed by atoms with Crippen LogP contribution in [0.3, 0.4) is 0 Å². The molecule has 0 fully saturated rings. The van der Waals surface area contributed by atoms with Crippen LogP contribution in [0.15, 0.2) is 77.4 Å². The van der Waals surface area contributed by atoms with Crippen LogP contribution in [-0.4, -0.2) is 44.9 Å². The number of nitrogens with zero attached hydrogens (tertiary/aromatic N) is 1. The first kappa shape index (κ1) is 26.0. The Morgan fingerprint density at radius 1 is 0.811 bits per heavy atom. The van der Waals surface area contributed by atoms with Crippen LogP contribution in [0.1, 0.15) is 29.2 Å². The van der Waals surface area contributed by atoms with Gasteiger partial charge in [-0.25, -0.2) is 9.79 Å². The largest absolute Gasteiger partial charge is 0.491 e. The summed E-state index contributed by atoms with van der Waals surface area (Å²) in [6.07, 6.45) is 1.67. The molecule has 0 saturated carbocycles. The average molecular weight is 502 g/mol. The molecule has 0 radical (unpaired) electrons. The van der Waals surface area contributed by atoms with Crippen molar-refractivity contribution < 1.29 is 28.5 Å². The molecule has 1 aliphatic rings. The van der Waals surface area contributed by atoms with Crippen molar-refractivity contribution >= 4 is 17.9 Å². The molecule has 0 aromatic heterocycles. The topological polar surface area (TPSA) is 75.6 Å². The van der Waals surface area contributed by atoms with Crippen molar-refractivity contribution in [3.05, 3.63) is 94.7 Å². The van der Waals surface area contributed by atoms with Gasteiger partial charge in [-0.2, -0.15) is 0 Å². The van der Waals surface area contributed by atoms with E-state index in [1.165, 1.54) is 11.1 Å². The highest BCUT2D eigenvalue weighted by atomic mass is 16.6. The van der Waals surface area contributed by atoms with Crippen LogP contribution >= 0.6 is 0 Å². The summed E-state index contributed by atoms with van der Waals surface area (Å²) < 4.78 is 28.3. The highest BCUT2D eigenvalue weighted by molar-refractivity contribution is 6.12. The second-order valence-electron chi connectivity index (χ2n) is 8.40. The Kier molecular flexibility index (Phi) is 8.94. The molecule has 7 nitrogen and oxygen atoms in total. The zero-order valence-electron chi connectivity index (χ0n) is 21.4. The van der Waals surface area contributed by atoms with Gasteiger partial charge >= 0.3 is 5.97 Å². The fourth-order valence-corrected chi connectivity index (χ4v) is 3.61. The molecule has 0 spiro atoms. The number of carbonyl (C=O) groups excluding carboxylic acids is 1. The summed E-state index contributed by atoms with van der Waals surface area (Å²) in [4.78, 5) is 16.7. The van der Waals surface area contributed by atoms with Crippen LogP contribution in [0.2, 0.25) is 0 Å². The number of cyclic esters (lactones) is 1. The van der Waals surface area contributed by atoms with Crippen molar-refractivity contribution in [2.24, 2.45) is 4.99 Å². The van der Waals surface area contributed by atoms with E-state index >= 15 is 0 Å². The fourth-order valence-electron chi connectivity index (χ4n) is 3.61. The zero-order chi connectivity index (χ0) is 26.0. The quantitative estimate of drug-likeness (QED) is 0.185. The SMILES string of the molecule is CCOc1cc(/C=C2\N=C(c3ccccc3)OC2=O)ccc1OCCOCCOc1ccc(C)c(C)c1. The van der Waals surface area contributed by atoms with Gasteiger partial charge in [0, 0.05) is 5.56 Å². The molecule has 0 unspecified atom stereocenters. The molecule has 3 aromatic carbocycles. The number of rotatable bonds is 12. The molecule has 1 aliphatic heterocycles. The van der Waals surface area contributed by atoms with Crippen LogP contribution in [0, 0.1) is 13.8 Å². The van der Waals surface area contributed by atoms with Crippen LogP contribution in [0.5, 0.6) is 17.2 Å². The number of esters is 1. The van der Waals surface area contributed by atoms with Crippen molar-refractivity contribution in [2.75, 3.05) is 33.0 Å². The zero-order valence-corrected chi connectivity index (χ0v) is 21.4. The summed E-state index contributed by atoms with van der Waals surface area (Å²) in [7, 11) is 0. The molecule has 0 amide bonds. The Labute approximate surface area is 217 Å². The summed E-state index contributed by atoms with van der Waals surface area (Å²) in [5, 5.41) is 0. The molecule has 37 heavy (non-hydrogen) atoms. The van der Waals surface area contributed by atoms with Gasteiger partial charge in [-0.3, -0.25) is 0 Å². The number of benzene rings is 3. The molecule has 0 saturated heterocycles. The van der Waals surface area contributed by atoms with Crippen LogP contribution < -0.4 is 14.2 Å². The summed E-state index contributed by atoms with van der Waals surface area (Å²) in [6.45, 7) is 8.21. The third kappa shape index (κ3) is 7.21. The van der Waals surface area contributed by atoms with Gasteiger partial charge in [0.05, 0.1) is 19.8 Å². The maximum absolute atomic E-state index is 12.3. The molecule has 3 aromatic rings. The predicted molar refractivity (Wildman–Crippen MR) is 142 cm³/mol. The van der Waals surface area contributed by atoms with E-state index in [0.717, 1.165) is 16.9 Å². The minimum atomic E-state index is -0.490. The van der Waals surface area contributed by atoms with E-state index in [-0.39, 0.29) is 5.70 Å². The van der Waals surface area contributed by atoms with Crippen molar-refractivity contribution in [2.45, 2.75) is 20.8 Å². The van der Waals surface area contributed by atoms with Crippen LogP contribution in [0.4, 0.5) is 0 Å². The summed E-state index contributed by atoms with van der Waals surface area (Å²) in [6, 6.07) is 20.8. The highest BCUT2D eigenvalue weighted by Crippen LogP contribution is 2.30. The Hall–Kier alpha value is -4.10. The Balaban J connectivity index is 1.29. The van der Waals surface area contributed by atoms with Crippen molar-refractivity contribution in [3.8, 4) is 17.2 Å². The predicted octanol–water partition coefficient (Wildman–Crippen LogP) is 5.52. The van der Waals surface area contributed by atoms with Gasteiger partial charge in [-0.05, 0) is 79.9 Å². The van der Waals surface area contributed by atoms with Crippen molar-refractivity contribution in [1.82, 2.24) is 0 Å². The second-order valence-corrected chi connectivity index (χ2v) is 8.40. The van der Waals surface area contributed by atoms with E-state index in [1.807, 2.05) is 73.7 Å². The second kappa shape index (κ2) is 12.7. The minimum Gasteiger partial charge on any atom is -0.491 e. The fraction of sp³-hybridized carbons (Fsp3) is 0.267. The van der Waals surface area contributed by atoms with Gasteiger partial charge in [-0.1, -0.05) is 30.3 Å². The third-order valence-electron chi connectivity index (χ3n) is 5.67. The van der Waals surface area contributed by atoms with Crippen LogP contribution in [-0.2, 0) is 14.3 Å². The van der Waals surface area contributed by atoms with Gasteiger partial charge in [-0.15, -0.1) is 0 Å². The Bertz CT molecular complexity index is 1280. The van der Waals surface area contributed by atoms with Gasteiger partial charge < -0.3 is 23.7 Å². The molecule has 4 rings (SSSR count). The standard InChI is InChI=1S/C30H31NO6/c1-4-34-28-20-23(19-26-30(32)37-29(31-26)24-8-6-5-7-9-24)11-13-27(28)36-17-15-33-14-16-35-25-12-10-21(2)22(3)18-25/h5-13,18-20H,4,14-17H2,1-3H3/b26-19-. The summed E-state index contributed by atoms with van der Waals surface area (Å²) in [5.41, 5.74) is 4.17. The van der Waals surface area contributed by atoms with Crippen molar-refractivity contribution in [1.29, 1.82) is 0 Å². The van der Waals surface area contributed by atoms with Crippen LogP contribution in [0.25, 0.3) is 6.08 Å². The molecule has 0 N–H and O–H groups in total. The van der Waals surface area contributed by atoms with E-state index in [1.54, 1.807) is 6.08 Å². The molecule has 0 atom stereocenters. The third-order valence-corrected chi connectivity index (χ3v) is 5.67. The lowest BCUT2D eigenvalue weighted by Crippen LogP contribution is -2.12. The molecular formula is C30H31NO6. The first-order valence-corrected chi connectivity index (χ1v) is 12.3. The number of hydrogen-bond donors (Lipinski definition) is 0. The smallest absolute Gasteiger partial charge is 0.363 e. The normalized spacial score (nSPS) is 13.9. The highest BCUT2D eigenvalue weighted by Gasteiger charge is 2.24. The number of aliphatic imine (C=N–C) groups is 1. The molecule has 0 aliphatic carbocycles. The molecular weight excluding hydrogens is 470 g/mol. The van der Waals surface area contributed by atoms with E-state index in [4.69, 9.17) is 23.7 Å². The van der Waals surface area contributed by atoms with E-state index in [2.05, 4.69) is 18.8 Å². The monoisotopic (exact) mass is 501 g/mol. The van der Waals surface area contributed by atoms with Gasteiger partial charge in [0.25, 0.3) is 0 Å². The molecule has 7 heteroatoms. The summed E-state index contributed by atoms with van der Waals surface area (Å²) >= 11 is 0. The molecule has 1 heterocycles. The van der Waals surface area contributed by atoms with Gasteiger partial charge in [0.2, 0.25) is 5.90 Å². The first-order chi connectivity index (χ1) is 18.0. The summed E-state index contributed by atoms with van der Waals surface area (Å²) in [5.74, 6) is 1.82. The number of hydrogen-bond acceptors (Lipinski definition) is 7. The Morgan fingerprint density at radius 2 is 1.59 bits per heavy atom. The van der Waals surface area contributed by atoms with Crippen molar-refractivity contribution in [3.63, 3.8) is 0 Å². The Morgan fingerprint density at radius 3 is 2.35 bits per heavy atom. The molecule has 0 bridgehead atoms. The van der Waals surface area contributed by atoms with Gasteiger partial charge in [0.15, 0.2) is 17.2 Å². The number of carbonyl (C=O) groups is 1. The maximum atomic E-state index is 12.3. The van der Waals surface area contributed by atoms with Gasteiger partial charge in [0.1, 0.15) is 19.0 Å². The van der Waals surface area contributed by atoms with E-state index in [0.29, 0.717) is 50.4 Å². The lowest BCUT2D eigenvalue weighted by Gasteiger charge is -2.13.